The highest BCUT2D eigenvalue weighted by atomic mass is 16.3. The van der Waals surface area contributed by atoms with E-state index in [0.717, 1.165) is 77.0 Å². The highest BCUT2D eigenvalue weighted by Crippen LogP contribution is 2.15. The molecule has 66 heavy (non-hydrogen) atoms. The second-order valence-corrected chi connectivity index (χ2v) is 18.6. The molecule has 3 N–H and O–H groups in total. The van der Waals surface area contributed by atoms with Gasteiger partial charge in [0.05, 0.1) is 18.8 Å². The summed E-state index contributed by atoms with van der Waals surface area (Å²) in [6.45, 7) is 4.19. The minimum atomic E-state index is -0.871. The molecule has 378 valence electrons. The Morgan fingerprint density at radius 2 is 0.682 bits per heavy atom. The van der Waals surface area contributed by atoms with Gasteiger partial charge in [-0.3, -0.25) is 4.79 Å². The van der Waals surface area contributed by atoms with Gasteiger partial charge in [0.15, 0.2) is 0 Å². The Kier molecular flexibility index (Phi) is 53.9. The number of unbranched alkanes of at least 4 members (excludes halogenated alkanes) is 27. The van der Waals surface area contributed by atoms with Crippen LogP contribution < -0.4 is 5.32 Å². The molecule has 2 unspecified atom stereocenters. The lowest BCUT2D eigenvalue weighted by molar-refractivity contribution is -0.123. The van der Waals surface area contributed by atoms with Gasteiger partial charge in [-0.1, -0.05) is 271 Å². The van der Waals surface area contributed by atoms with Crippen LogP contribution in [0.5, 0.6) is 0 Å². The van der Waals surface area contributed by atoms with Crippen molar-refractivity contribution in [2.75, 3.05) is 6.61 Å². The molecule has 0 aromatic heterocycles. The van der Waals surface area contributed by atoms with Crippen LogP contribution in [0, 0.1) is 0 Å². The summed E-state index contributed by atoms with van der Waals surface area (Å²) in [5.41, 5.74) is 0. The average Bonchev–Trinajstić information content (AvgIpc) is 3.32. The molecule has 0 saturated carbocycles. The number of hydrogen-bond donors (Lipinski definition) is 3. The number of amides is 1. The quantitative estimate of drug-likeness (QED) is 0.0421. The molecule has 0 heterocycles. The van der Waals surface area contributed by atoms with Crippen molar-refractivity contribution in [1.82, 2.24) is 5.32 Å². The highest BCUT2D eigenvalue weighted by Gasteiger charge is 2.17. The Bertz CT molecular complexity index is 1270. The molecule has 0 saturated heterocycles. The predicted molar refractivity (Wildman–Crippen MR) is 294 cm³/mol. The zero-order chi connectivity index (χ0) is 47.7. The van der Waals surface area contributed by atoms with Gasteiger partial charge in [-0.25, -0.2) is 0 Å². The lowest BCUT2D eigenvalue weighted by Gasteiger charge is -2.19. The molecule has 0 spiro atoms. The number of aliphatic hydroxyl groups excluding tert-OH is 2. The Morgan fingerprint density at radius 1 is 0.379 bits per heavy atom. The molecule has 0 aliphatic carbocycles. The lowest BCUT2D eigenvalue weighted by Crippen LogP contribution is -2.45. The monoisotopic (exact) mass is 914 g/mol. The SMILES string of the molecule is CC/C=C\C/C=C\C/C=C\C/C=C\C/C=C\C/C=C\C/C=C\CCCCCCCCCCCCCC(=O)NC(CO)C(O)/C=C/CC/C=C/CCCCCCCCCCCCCCCCC. The van der Waals surface area contributed by atoms with Gasteiger partial charge < -0.3 is 15.5 Å². The first-order chi connectivity index (χ1) is 32.7. The molecule has 4 heteroatoms. The van der Waals surface area contributed by atoms with Crippen LogP contribution in [0.4, 0.5) is 0 Å². The first kappa shape index (κ1) is 63.0. The van der Waals surface area contributed by atoms with Crippen molar-refractivity contribution in [2.45, 2.75) is 270 Å². The molecule has 0 aliphatic heterocycles. The number of carbonyl (C=O) groups excluding carboxylic acids is 1. The van der Waals surface area contributed by atoms with Crippen LogP contribution in [0.15, 0.2) is 109 Å². The maximum absolute atomic E-state index is 12.5. The molecule has 4 nitrogen and oxygen atoms in total. The topological polar surface area (TPSA) is 69.6 Å². The van der Waals surface area contributed by atoms with E-state index in [2.05, 4.69) is 116 Å². The van der Waals surface area contributed by atoms with E-state index < -0.39 is 12.1 Å². The zero-order valence-electron chi connectivity index (χ0n) is 43.4. The smallest absolute Gasteiger partial charge is 0.220 e. The van der Waals surface area contributed by atoms with Crippen LogP contribution in [0.1, 0.15) is 258 Å². The third kappa shape index (κ3) is 52.0. The van der Waals surface area contributed by atoms with E-state index in [4.69, 9.17) is 0 Å². The molecule has 0 aliphatic rings. The van der Waals surface area contributed by atoms with Crippen molar-refractivity contribution in [2.24, 2.45) is 0 Å². The van der Waals surface area contributed by atoms with Crippen molar-refractivity contribution in [3.05, 3.63) is 109 Å². The summed E-state index contributed by atoms with van der Waals surface area (Å²) < 4.78 is 0. The fourth-order valence-electron chi connectivity index (χ4n) is 8.00. The van der Waals surface area contributed by atoms with Gasteiger partial charge in [0, 0.05) is 6.42 Å². The first-order valence-electron chi connectivity index (χ1n) is 28.1. The maximum Gasteiger partial charge on any atom is 0.220 e. The maximum atomic E-state index is 12.5. The average molecular weight is 915 g/mol. The van der Waals surface area contributed by atoms with Crippen molar-refractivity contribution < 1.29 is 15.0 Å². The number of allylic oxidation sites excluding steroid dienone is 17. The summed E-state index contributed by atoms with van der Waals surface area (Å²) in [5.74, 6) is -0.0800. The van der Waals surface area contributed by atoms with E-state index in [1.54, 1.807) is 6.08 Å². The molecular weight excluding hydrogens is 807 g/mol. The fraction of sp³-hybridized carbons (Fsp3) is 0.694. The second kappa shape index (κ2) is 56.4. The van der Waals surface area contributed by atoms with E-state index in [-0.39, 0.29) is 12.5 Å². The number of carbonyl (C=O) groups is 1. The van der Waals surface area contributed by atoms with E-state index in [0.29, 0.717) is 6.42 Å². The summed E-state index contributed by atoms with van der Waals surface area (Å²) in [5, 5.41) is 23.1. The molecule has 2 atom stereocenters. The minimum absolute atomic E-state index is 0.0800. The van der Waals surface area contributed by atoms with E-state index >= 15 is 0 Å². The van der Waals surface area contributed by atoms with Crippen molar-refractivity contribution in [3.8, 4) is 0 Å². The number of nitrogens with one attached hydrogen (secondary N) is 1. The first-order valence-corrected chi connectivity index (χ1v) is 28.1. The molecule has 0 fully saturated rings. The van der Waals surface area contributed by atoms with Crippen LogP contribution in [0.25, 0.3) is 0 Å². The predicted octanol–water partition coefficient (Wildman–Crippen LogP) is 18.7. The molecule has 0 bridgehead atoms. The van der Waals surface area contributed by atoms with Crippen molar-refractivity contribution in [1.29, 1.82) is 0 Å². The van der Waals surface area contributed by atoms with Crippen LogP contribution in [-0.4, -0.2) is 34.9 Å². The van der Waals surface area contributed by atoms with E-state index in [1.165, 1.54) is 161 Å². The van der Waals surface area contributed by atoms with Crippen LogP contribution in [0.2, 0.25) is 0 Å². The third-order valence-electron chi connectivity index (χ3n) is 12.2. The largest absolute Gasteiger partial charge is 0.394 e. The number of hydrogen-bond acceptors (Lipinski definition) is 3. The molecule has 0 aromatic rings. The molecular formula is C62H107NO3. The summed E-state index contributed by atoms with van der Waals surface area (Å²) in [7, 11) is 0. The zero-order valence-corrected chi connectivity index (χ0v) is 43.4. The van der Waals surface area contributed by atoms with E-state index in [9.17, 15) is 15.0 Å². The molecule has 0 rings (SSSR count). The van der Waals surface area contributed by atoms with Crippen LogP contribution in [-0.2, 0) is 4.79 Å². The number of rotatable bonds is 50. The van der Waals surface area contributed by atoms with Gasteiger partial charge >= 0.3 is 0 Å². The normalized spacial score (nSPS) is 13.7. The fourth-order valence-corrected chi connectivity index (χ4v) is 8.00. The summed E-state index contributed by atoms with van der Waals surface area (Å²) in [6.07, 6.45) is 85.3. The molecule has 0 aromatic carbocycles. The van der Waals surface area contributed by atoms with Gasteiger partial charge in [-0.15, -0.1) is 0 Å². The Labute approximate surface area is 410 Å². The molecule has 0 radical (unpaired) electrons. The van der Waals surface area contributed by atoms with Crippen LogP contribution >= 0.6 is 0 Å². The minimum Gasteiger partial charge on any atom is -0.394 e. The summed E-state index contributed by atoms with van der Waals surface area (Å²) in [6, 6.07) is -0.648. The van der Waals surface area contributed by atoms with Gasteiger partial charge in [0.25, 0.3) is 0 Å². The van der Waals surface area contributed by atoms with Crippen LogP contribution in [0.3, 0.4) is 0 Å². The summed E-state index contributed by atoms with van der Waals surface area (Å²) in [4.78, 5) is 12.5. The highest BCUT2D eigenvalue weighted by molar-refractivity contribution is 5.76. The van der Waals surface area contributed by atoms with Gasteiger partial charge in [-0.2, -0.15) is 0 Å². The Hall–Kier alpha value is -2.95. The van der Waals surface area contributed by atoms with Gasteiger partial charge in [0.2, 0.25) is 5.91 Å². The second-order valence-electron chi connectivity index (χ2n) is 18.6. The van der Waals surface area contributed by atoms with Gasteiger partial charge in [-0.05, 0) is 89.9 Å². The summed E-state index contributed by atoms with van der Waals surface area (Å²) >= 11 is 0. The Morgan fingerprint density at radius 3 is 1.06 bits per heavy atom. The Balaban J connectivity index is 3.60. The third-order valence-corrected chi connectivity index (χ3v) is 12.2. The molecule has 1 amide bonds. The van der Waals surface area contributed by atoms with Crippen molar-refractivity contribution in [3.63, 3.8) is 0 Å². The number of aliphatic hydroxyl groups is 2. The lowest BCUT2D eigenvalue weighted by atomic mass is 10.0. The standard InChI is InChI=1S/C62H107NO3/c1-3-5-7-9-11-13-15-17-19-21-23-25-26-27-28-29-30-31-32-33-34-35-36-38-40-42-44-46-48-50-52-54-56-58-62(66)63-60(59-64)61(65)57-55-53-51-49-47-45-43-41-39-37-24-22-20-18-16-14-12-10-8-6-4-2/h5,7,11,13,17,19,23,25,27-28,30-31,33-34,47,49,55,57,60-61,64-65H,3-4,6,8-10,12,14-16,18,20-22,24,26,29,32,35-46,48,50-54,56,58-59H2,1-2H3,(H,63,66)/b7-5-,13-11-,19-17-,25-23-,28-27-,31-30-,34-33-,49-47+,57-55+. The van der Waals surface area contributed by atoms with E-state index in [1.807, 2.05) is 6.08 Å². The van der Waals surface area contributed by atoms with Crippen molar-refractivity contribution >= 4 is 5.91 Å². The van der Waals surface area contributed by atoms with Gasteiger partial charge in [0.1, 0.15) is 0 Å².